The molecule has 1 atom stereocenters. The molecule has 0 aliphatic rings. The zero-order valence-electron chi connectivity index (χ0n) is 10.5. The Bertz CT molecular complexity index is 381. The summed E-state index contributed by atoms with van der Waals surface area (Å²) in [5, 5.41) is 8.81. The number of unbranched alkanes of at least 4 members (excludes halogenated alkanes) is 1. The van der Waals surface area contributed by atoms with Crippen molar-refractivity contribution in [2.24, 2.45) is 0 Å². The molecule has 114 valence electrons. The van der Waals surface area contributed by atoms with Gasteiger partial charge in [0, 0.05) is 6.42 Å². The molecule has 0 rings (SSSR count). The van der Waals surface area contributed by atoms with Crippen LogP contribution in [0.2, 0.25) is 0 Å². The topological polar surface area (TPSA) is 83.5 Å². The quantitative estimate of drug-likeness (QED) is 0.681. The number of rotatable bonds is 9. The Morgan fingerprint density at radius 2 is 1.89 bits per heavy atom. The van der Waals surface area contributed by atoms with Crippen LogP contribution >= 0.6 is 0 Å². The van der Waals surface area contributed by atoms with Crippen LogP contribution in [0.5, 0.6) is 0 Å². The second-order valence-corrected chi connectivity index (χ2v) is 6.06. The number of sulfonamides is 1. The van der Waals surface area contributed by atoms with E-state index in [0.717, 1.165) is 0 Å². The van der Waals surface area contributed by atoms with Crippen LogP contribution in [0.4, 0.5) is 13.2 Å². The van der Waals surface area contributed by atoms with E-state index in [1.54, 1.807) is 0 Å². The second kappa shape index (κ2) is 7.68. The Labute approximate surface area is 110 Å². The van der Waals surface area contributed by atoms with Crippen molar-refractivity contribution in [1.29, 1.82) is 0 Å². The van der Waals surface area contributed by atoms with Gasteiger partial charge in [-0.15, -0.1) is 0 Å². The highest BCUT2D eigenvalue weighted by Crippen LogP contribution is 2.21. The van der Waals surface area contributed by atoms with E-state index in [4.69, 9.17) is 5.11 Å². The van der Waals surface area contributed by atoms with Crippen LogP contribution in [-0.2, 0) is 14.8 Å². The average Bonchev–Trinajstić information content (AvgIpc) is 2.21. The minimum atomic E-state index is -4.41. The minimum Gasteiger partial charge on any atom is -0.480 e. The first-order valence-corrected chi connectivity index (χ1v) is 7.52. The van der Waals surface area contributed by atoms with E-state index in [0.29, 0.717) is 12.8 Å². The molecule has 0 aliphatic carbocycles. The number of carboxylic acids is 1. The molecule has 0 unspecified atom stereocenters. The third-order valence-electron chi connectivity index (χ3n) is 2.34. The van der Waals surface area contributed by atoms with E-state index in [-0.39, 0.29) is 6.42 Å². The molecule has 0 radical (unpaired) electrons. The first-order chi connectivity index (χ1) is 8.57. The predicted molar refractivity (Wildman–Crippen MR) is 63.2 cm³/mol. The Hall–Kier alpha value is -0.830. The molecular weight excluding hydrogens is 287 g/mol. The van der Waals surface area contributed by atoms with Gasteiger partial charge in [-0.25, -0.2) is 13.1 Å². The van der Waals surface area contributed by atoms with Crippen LogP contribution in [0, 0.1) is 0 Å². The number of halogens is 3. The number of carbonyl (C=O) groups is 1. The fraction of sp³-hybridized carbons (Fsp3) is 0.900. The molecule has 0 spiro atoms. The summed E-state index contributed by atoms with van der Waals surface area (Å²) < 4.78 is 60.5. The Kier molecular flexibility index (Phi) is 7.35. The molecule has 0 fully saturated rings. The Balaban J connectivity index is 4.35. The second-order valence-electron chi connectivity index (χ2n) is 4.19. The summed E-state index contributed by atoms with van der Waals surface area (Å²) in [5.41, 5.74) is 0. The highest BCUT2D eigenvalue weighted by atomic mass is 32.2. The fourth-order valence-corrected chi connectivity index (χ4v) is 2.67. The molecule has 0 aromatic heterocycles. The minimum absolute atomic E-state index is 0.115. The van der Waals surface area contributed by atoms with E-state index in [1.807, 2.05) is 11.6 Å². The monoisotopic (exact) mass is 305 g/mol. The van der Waals surface area contributed by atoms with E-state index in [2.05, 4.69) is 0 Å². The molecule has 0 bridgehead atoms. The Morgan fingerprint density at radius 1 is 1.32 bits per heavy atom. The van der Waals surface area contributed by atoms with Crippen molar-refractivity contribution < 1.29 is 31.5 Å². The molecule has 2 N–H and O–H groups in total. The first-order valence-electron chi connectivity index (χ1n) is 5.87. The molecule has 0 saturated carbocycles. The van der Waals surface area contributed by atoms with Crippen LogP contribution in [0.15, 0.2) is 0 Å². The summed E-state index contributed by atoms with van der Waals surface area (Å²) in [6, 6.07) is -1.28. The molecule has 0 amide bonds. The molecule has 9 heteroatoms. The fourth-order valence-electron chi connectivity index (χ4n) is 1.38. The van der Waals surface area contributed by atoms with Crippen LogP contribution in [0.3, 0.4) is 0 Å². The zero-order valence-corrected chi connectivity index (χ0v) is 11.4. The van der Waals surface area contributed by atoms with Gasteiger partial charge in [0.2, 0.25) is 10.0 Å². The van der Waals surface area contributed by atoms with Gasteiger partial charge >= 0.3 is 12.1 Å². The number of alkyl halides is 3. The first kappa shape index (κ1) is 18.2. The molecule has 5 nitrogen and oxygen atoms in total. The Morgan fingerprint density at radius 3 is 2.32 bits per heavy atom. The van der Waals surface area contributed by atoms with Crippen molar-refractivity contribution in [3.05, 3.63) is 0 Å². The molecular formula is C10H18F3NO4S. The van der Waals surface area contributed by atoms with Crippen LogP contribution in [0.25, 0.3) is 0 Å². The van der Waals surface area contributed by atoms with E-state index < -0.39 is 46.8 Å². The maximum atomic E-state index is 11.9. The average molecular weight is 305 g/mol. The van der Waals surface area contributed by atoms with E-state index >= 15 is 0 Å². The number of hydrogen-bond donors (Lipinski definition) is 2. The number of carboxylic acid groups (broad SMARTS) is 1. The summed E-state index contributed by atoms with van der Waals surface area (Å²) in [4.78, 5) is 10.8. The van der Waals surface area contributed by atoms with Crippen molar-refractivity contribution in [1.82, 2.24) is 4.72 Å². The van der Waals surface area contributed by atoms with Crippen LogP contribution in [0.1, 0.15) is 39.0 Å². The lowest BCUT2D eigenvalue weighted by Gasteiger charge is -2.14. The maximum absolute atomic E-state index is 11.9. The summed E-state index contributed by atoms with van der Waals surface area (Å²) in [7, 11) is -4.01. The molecule has 19 heavy (non-hydrogen) atoms. The normalized spacial score (nSPS) is 14.3. The van der Waals surface area contributed by atoms with Crippen molar-refractivity contribution in [2.75, 3.05) is 5.75 Å². The van der Waals surface area contributed by atoms with Crippen LogP contribution < -0.4 is 4.72 Å². The van der Waals surface area contributed by atoms with Gasteiger partial charge in [0.15, 0.2) is 0 Å². The van der Waals surface area contributed by atoms with E-state index in [9.17, 15) is 26.4 Å². The highest BCUT2D eigenvalue weighted by Gasteiger charge is 2.28. The van der Waals surface area contributed by atoms with Gasteiger partial charge < -0.3 is 5.11 Å². The summed E-state index contributed by atoms with van der Waals surface area (Å²) in [6.07, 6.45) is -4.88. The van der Waals surface area contributed by atoms with Gasteiger partial charge in [0.1, 0.15) is 6.04 Å². The molecule has 0 heterocycles. The number of hydrogen-bond acceptors (Lipinski definition) is 3. The number of nitrogens with one attached hydrogen (secondary N) is 1. The van der Waals surface area contributed by atoms with Gasteiger partial charge in [0.25, 0.3) is 0 Å². The smallest absolute Gasteiger partial charge is 0.389 e. The third-order valence-corrected chi connectivity index (χ3v) is 3.81. The van der Waals surface area contributed by atoms with Gasteiger partial charge in [-0.3, -0.25) is 4.79 Å². The summed E-state index contributed by atoms with van der Waals surface area (Å²) in [6.45, 7) is 1.82. The summed E-state index contributed by atoms with van der Waals surface area (Å²) >= 11 is 0. The van der Waals surface area contributed by atoms with E-state index in [1.165, 1.54) is 0 Å². The van der Waals surface area contributed by atoms with Gasteiger partial charge in [-0.05, 0) is 12.8 Å². The number of aliphatic carboxylic acids is 1. The lowest BCUT2D eigenvalue weighted by Crippen LogP contribution is -2.41. The zero-order chi connectivity index (χ0) is 15.1. The predicted octanol–water partition coefficient (Wildman–Crippen LogP) is 1.89. The van der Waals surface area contributed by atoms with Crippen molar-refractivity contribution in [3.63, 3.8) is 0 Å². The SMILES string of the molecule is CCCC[C@H](NS(=O)(=O)CCCC(F)(F)F)C(=O)O. The largest absolute Gasteiger partial charge is 0.480 e. The molecule has 0 saturated heterocycles. The van der Waals surface area contributed by atoms with Crippen LogP contribution in [-0.4, -0.2) is 37.5 Å². The lowest BCUT2D eigenvalue weighted by atomic mass is 10.1. The molecule has 0 aromatic carbocycles. The van der Waals surface area contributed by atoms with Gasteiger partial charge in [-0.2, -0.15) is 13.2 Å². The third kappa shape index (κ3) is 9.71. The van der Waals surface area contributed by atoms with Gasteiger partial charge in [-0.1, -0.05) is 19.8 Å². The standard InChI is InChI=1S/C10H18F3NO4S/c1-2-3-5-8(9(15)16)14-19(17,18)7-4-6-10(11,12)13/h8,14H,2-7H2,1H3,(H,15,16)/t8-/m0/s1. The van der Waals surface area contributed by atoms with Crippen molar-refractivity contribution in [2.45, 2.75) is 51.2 Å². The summed E-state index contributed by atoms with van der Waals surface area (Å²) in [5.74, 6) is -2.06. The lowest BCUT2D eigenvalue weighted by molar-refractivity contribution is -0.139. The van der Waals surface area contributed by atoms with Crippen molar-refractivity contribution in [3.8, 4) is 0 Å². The maximum Gasteiger partial charge on any atom is 0.389 e. The van der Waals surface area contributed by atoms with Crippen molar-refractivity contribution >= 4 is 16.0 Å². The molecule has 0 aromatic rings. The highest BCUT2D eigenvalue weighted by molar-refractivity contribution is 7.89. The van der Waals surface area contributed by atoms with Gasteiger partial charge in [0.05, 0.1) is 5.75 Å². The molecule has 0 aliphatic heterocycles.